The summed E-state index contributed by atoms with van der Waals surface area (Å²) in [4.78, 5) is 29.5. The van der Waals surface area contributed by atoms with Gasteiger partial charge in [-0.1, -0.05) is 35.4 Å². The first-order chi connectivity index (χ1) is 11.6. The van der Waals surface area contributed by atoms with E-state index in [-0.39, 0.29) is 18.7 Å². The van der Waals surface area contributed by atoms with Crippen LogP contribution in [0.4, 0.5) is 0 Å². The van der Waals surface area contributed by atoms with Gasteiger partial charge in [-0.25, -0.2) is 4.79 Å². The van der Waals surface area contributed by atoms with Crippen LogP contribution in [0.1, 0.15) is 21.5 Å². The van der Waals surface area contributed by atoms with Crippen LogP contribution in [-0.2, 0) is 18.0 Å². The van der Waals surface area contributed by atoms with Crippen LogP contribution in [0.2, 0.25) is 0 Å². The van der Waals surface area contributed by atoms with Crippen molar-refractivity contribution >= 4 is 5.97 Å². The Bertz CT molecular complexity index is 788. The predicted molar refractivity (Wildman–Crippen MR) is 82.5 cm³/mol. The topological polar surface area (TPSA) is 127 Å². The van der Waals surface area contributed by atoms with E-state index in [9.17, 15) is 14.9 Å². The highest BCUT2D eigenvalue weighted by Gasteiger charge is 2.14. The summed E-state index contributed by atoms with van der Waals surface area (Å²) in [7, 11) is 0. The van der Waals surface area contributed by atoms with Crippen molar-refractivity contribution in [1.82, 2.24) is 0 Å². The highest BCUT2D eigenvalue weighted by Crippen LogP contribution is 2.18. The van der Waals surface area contributed by atoms with Crippen molar-refractivity contribution in [1.29, 1.82) is 0 Å². The molecule has 0 N–H and O–H groups in total. The molecule has 122 valence electrons. The van der Waals surface area contributed by atoms with Crippen LogP contribution in [0.3, 0.4) is 0 Å². The molecule has 0 amide bonds. The molecule has 0 aliphatic heterocycles. The van der Waals surface area contributed by atoms with E-state index in [2.05, 4.69) is 14.9 Å². The fourth-order valence-corrected chi connectivity index (χ4v) is 1.95. The SMILES string of the molecule is [N-]=[N+]=NCc1cc(CO[N+](=O)[O-])ccc1C(=O)Oc1ccccc1. The van der Waals surface area contributed by atoms with Gasteiger partial charge in [0.05, 0.1) is 12.1 Å². The van der Waals surface area contributed by atoms with E-state index < -0.39 is 11.1 Å². The zero-order valence-electron chi connectivity index (χ0n) is 12.4. The molecule has 0 saturated carbocycles. The molecule has 0 fully saturated rings. The minimum atomic E-state index is -0.912. The van der Waals surface area contributed by atoms with Gasteiger partial charge >= 0.3 is 5.97 Å². The Balaban J connectivity index is 2.24. The molecule has 0 atom stereocenters. The Labute approximate surface area is 136 Å². The third-order valence-electron chi connectivity index (χ3n) is 2.98. The zero-order valence-corrected chi connectivity index (χ0v) is 12.4. The Morgan fingerprint density at radius 1 is 1.25 bits per heavy atom. The van der Waals surface area contributed by atoms with Gasteiger partial charge in [0.15, 0.2) is 0 Å². The number of para-hydroxylation sites is 1. The van der Waals surface area contributed by atoms with E-state index in [4.69, 9.17) is 10.3 Å². The molecule has 0 saturated heterocycles. The standard InChI is InChI=1S/C15H12N4O5/c16-18-17-9-12-8-11(10-23-19(21)22)6-7-14(12)15(20)24-13-4-2-1-3-5-13/h1-8H,9-10H2. The van der Waals surface area contributed by atoms with E-state index >= 15 is 0 Å². The number of hydrogen-bond donors (Lipinski definition) is 0. The number of carbonyl (C=O) groups excluding carboxylic acids is 1. The van der Waals surface area contributed by atoms with E-state index in [1.807, 2.05) is 0 Å². The second kappa shape index (κ2) is 8.16. The summed E-state index contributed by atoms with van der Waals surface area (Å²) in [6.45, 7) is -0.369. The molecular formula is C15H12N4O5. The average molecular weight is 328 g/mol. The number of esters is 1. The zero-order chi connectivity index (χ0) is 17.4. The Kier molecular flexibility index (Phi) is 5.71. The summed E-state index contributed by atoms with van der Waals surface area (Å²) in [6, 6.07) is 12.9. The lowest BCUT2D eigenvalue weighted by atomic mass is 10.0. The molecule has 2 aromatic rings. The van der Waals surface area contributed by atoms with Gasteiger partial charge in [-0.3, -0.25) is 0 Å². The van der Waals surface area contributed by atoms with Crippen LogP contribution >= 0.6 is 0 Å². The number of azide groups is 1. The molecule has 0 spiro atoms. The Morgan fingerprint density at radius 3 is 2.67 bits per heavy atom. The lowest BCUT2D eigenvalue weighted by Crippen LogP contribution is -2.12. The van der Waals surface area contributed by atoms with Crippen molar-refractivity contribution in [2.75, 3.05) is 0 Å². The number of nitrogens with zero attached hydrogens (tertiary/aromatic N) is 4. The smallest absolute Gasteiger partial charge is 0.343 e. The summed E-state index contributed by atoms with van der Waals surface area (Å²) in [6.07, 6.45) is 0. The summed E-state index contributed by atoms with van der Waals surface area (Å²) in [5.74, 6) is -0.246. The van der Waals surface area contributed by atoms with Crippen LogP contribution < -0.4 is 4.74 Å². The van der Waals surface area contributed by atoms with Gasteiger partial charge in [-0.05, 0) is 34.9 Å². The second-order valence-corrected chi connectivity index (χ2v) is 4.58. The molecule has 24 heavy (non-hydrogen) atoms. The molecule has 0 aliphatic rings. The third-order valence-corrected chi connectivity index (χ3v) is 2.98. The van der Waals surface area contributed by atoms with Gasteiger partial charge < -0.3 is 9.57 Å². The highest BCUT2D eigenvalue weighted by molar-refractivity contribution is 5.92. The van der Waals surface area contributed by atoms with E-state index in [1.54, 1.807) is 30.3 Å². The lowest BCUT2D eigenvalue weighted by Gasteiger charge is -2.10. The van der Waals surface area contributed by atoms with E-state index in [0.29, 0.717) is 16.9 Å². The fourth-order valence-electron chi connectivity index (χ4n) is 1.95. The van der Waals surface area contributed by atoms with Crippen LogP contribution in [0, 0.1) is 10.1 Å². The van der Waals surface area contributed by atoms with Crippen molar-refractivity contribution in [2.24, 2.45) is 5.11 Å². The molecule has 2 rings (SSSR count). The summed E-state index contributed by atoms with van der Waals surface area (Å²) < 4.78 is 5.25. The van der Waals surface area contributed by atoms with E-state index in [1.165, 1.54) is 18.2 Å². The maximum atomic E-state index is 12.3. The number of ether oxygens (including phenoxy) is 1. The first-order valence-corrected chi connectivity index (χ1v) is 6.77. The predicted octanol–water partition coefficient (Wildman–Crippen LogP) is 3.42. The van der Waals surface area contributed by atoms with Crippen molar-refractivity contribution in [2.45, 2.75) is 13.2 Å². The number of hydrogen-bond acceptors (Lipinski definition) is 6. The Morgan fingerprint density at radius 2 is 2.00 bits per heavy atom. The molecule has 0 bridgehead atoms. The molecule has 0 heterocycles. The number of carbonyl (C=O) groups is 1. The molecular weight excluding hydrogens is 316 g/mol. The summed E-state index contributed by atoms with van der Waals surface area (Å²) in [5.41, 5.74) is 9.52. The average Bonchev–Trinajstić information content (AvgIpc) is 2.59. The van der Waals surface area contributed by atoms with Gasteiger partial charge in [0.1, 0.15) is 12.4 Å². The molecule has 9 heteroatoms. The molecule has 0 aromatic heterocycles. The monoisotopic (exact) mass is 328 g/mol. The van der Waals surface area contributed by atoms with Crippen molar-refractivity contribution < 1.29 is 19.5 Å². The van der Waals surface area contributed by atoms with Crippen LogP contribution in [0.5, 0.6) is 5.75 Å². The van der Waals surface area contributed by atoms with Crippen molar-refractivity contribution in [3.63, 3.8) is 0 Å². The fraction of sp³-hybridized carbons (Fsp3) is 0.133. The van der Waals surface area contributed by atoms with Gasteiger partial charge in [0, 0.05) is 4.91 Å². The number of rotatable bonds is 7. The van der Waals surface area contributed by atoms with Crippen molar-refractivity contribution in [3.8, 4) is 5.75 Å². The third kappa shape index (κ3) is 4.72. The largest absolute Gasteiger partial charge is 0.423 e. The summed E-state index contributed by atoms with van der Waals surface area (Å²) >= 11 is 0. The maximum absolute atomic E-state index is 12.3. The van der Waals surface area contributed by atoms with Crippen LogP contribution in [0.25, 0.3) is 10.4 Å². The molecule has 2 aromatic carbocycles. The maximum Gasteiger partial charge on any atom is 0.343 e. The van der Waals surface area contributed by atoms with E-state index in [0.717, 1.165) is 0 Å². The molecule has 0 unspecified atom stereocenters. The highest BCUT2D eigenvalue weighted by atomic mass is 16.9. The molecule has 0 radical (unpaired) electrons. The van der Waals surface area contributed by atoms with Gasteiger partial charge in [0.2, 0.25) is 0 Å². The minimum absolute atomic E-state index is 0.0952. The quantitative estimate of drug-likeness (QED) is 0.146. The lowest BCUT2D eigenvalue weighted by molar-refractivity contribution is -0.763. The second-order valence-electron chi connectivity index (χ2n) is 4.58. The first-order valence-electron chi connectivity index (χ1n) is 6.77. The minimum Gasteiger partial charge on any atom is -0.423 e. The van der Waals surface area contributed by atoms with Gasteiger partial charge in [-0.15, -0.1) is 10.1 Å². The summed E-state index contributed by atoms with van der Waals surface area (Å²) in [5, 5.41) is 12.8. The number of benzene rings is 2. The molecule has 0 aliphatic carbocycles. The van der Waals surface area contributed by atoms with Crippen LogP contribution in [-0.4, -0.2) is 11.1 Å². The van der Waals surface area contributed by atoms with Gasteiger partial charge in [0.25, 0.3) is 5.09 Å². The van der Waals surface area contributed by atoms with Crippen molar-refractivity contribution in [3.05, 3.63) is 85.8 Å². The normalized spacial score (nSPS) is 9.67. The molecule has 9 nitrogen and oxygen atoms in total. The van der Waals surface area contributed by atoms with Gasteiger partial charge in [-0.2, -0.15) is 0 Å². The Hall–Kier alpha value is -3.58. The first kappa shape index (κ1) is 16.8. The van der Waals surface area contributed by atoms with Crippen LogP contribution in [0.15, 0.2) is 53.6 Å².